The number of likely N-dealkylation sites (tertiary alicyclic amines) is 1. The summed E-state index contributed by atoms with van der Waals surface area (Å²) in [7, 11) is 0. The predicted octanol–water partition coefficient (Wildman–Crippen LogP) is 2.66. The van der Waals surface area contributed by atoms with Gasteiger partial charge in [0.15, 0.2) is 6.61 Å². The van der Waals surface area contributed by atoms with Crippen LogP contribution in [0.15, 0.2) is 24.3 Å². The van der Waals surface area contributed by atoms with Gasteiger partial charge in [-0.15, -0.1) is 10.2 Å². The van der Waals surface area contributed by atoms with Crippen LogP contribution in [0.25, 0.3) is 0 Å². The van der Waals surface area contributed by atoms with Crippen LogP contribution in [0.4, 0.5) is 0 Å². The third-order valence-corrected chi connectivity index (χ3v) is 5.62. The number of carbonyl (C=O) groups excluding carboxylic acids is 1. The lowest BCUT2D eigenvalue weighted by atomic mass is 9.97. The number of hydrogen-bond acceptors (Lipinski definition) is 5. The Balaban J connectivity index is 1.37. The van der Waals surface area contributed by atoms with Crippen LogP contribution < -0.4 is 4.74 Å². The SMILES string of the molecule is N#Cc1ccc(OCC(=O)N2CCC[C@@H](c3nnc4n3CCCCC4)C2)cc1. The second kappa shape index (κ2) is 8.42. The summed E-state index contributed by atoms with van der Waals surface area (Å²) in [6, 6.07) is 8.88. The number of nitrogens with zero attached hydrogens (tertiary/aromatic N) is 5. The van der Waals surface area contributed by atoms with Crippen LogP contribution in [0, 0.1) is 11.3 Å². The Hall–Kier alpha value is -2.88. The van der Waals surface area contributed by atoms with E-state index in [1.54, 1.807) is 24.3 Å². The molecule has 1 atom stereocenters. The van der Waals surface area contributed by atoms with Crippen molar-refractivity contribution < 1.29 is 9.53 Å². The molecule has 4 rings (SSSR count). The van der Waals surface area contributed by atoms with Crippen molar-refractivity contribution in [1.82, 2.24) is 19.7 Å². The molecule has 0 radical (unpaired) electrons. The second-order valence-electron chi connectivity index (χ2n) is 7.54. The van der Waals surface area contributed by atoms with Crippen LogP contribution in [0.3, 0.4) is 0 Å². The maximum atomic E-state index is 12.7. The average Bonchev–Trinajstić information content (AvgIpc) is 3.00. The van der Waals surface area contributed by atoms with Crippen molar-refractivity contribution in [1.29, 1.82) is 5.26 Å². The Morgan fingerprint density at radius 1 is 1.14 bits per heavy atom. The highest BCUT2D eigenvalue weighted by Gasteiger charge is 2.29. The molecule has 1 fully saturated rings. The molecular formula is C21H25N5O2. The summed E-state index contributed by atoms with van der Waals surface area (Å²) in [5, 5.41) is 17.7. The minimum absolute atomic E-state index is 0.00957. The third-order valence-electron chi connectivity index (χ3n) is 5.62. The van der Waals surface area contributed by atoms with Crippen LogP contribution in [-0.4, -0.2) is 45.3 Å². The fourth-order valence-electron chi connectivity index (χ4n) is 4.09. The Kier molecular flexibility index (Phi) is 5.56. The van der Waals surface area contributed by atoms with Gasteiger partial charge in [-0.1, -0.05) is 6.42 Å². The number of piperidine rings is 1. The molecule has 0 N–H and O–H groups in total. The van der Waals surface area contributed by atoms with Gasteiger partial charge < -0.3 is 14.2 Å². The second-order valence-corrected chi connectivity index (χ2v) is 7.54. The highest BCUT2D eigenvalue weighted by atomic mass is 16.5. The lowest BCUT2D eigenvalue weighted by Crippen LogP contribution is -2.42. The van der Waals surface area contributed by atoms with Crippen LogP contribution in [-0.2, 0) is 17.8 Å². The van der Waals surface area contributed by atoms with Gasteiger partial charge >= 0.3 is 0 Å². The molecule has 3 heterocycles. The Morgan fingerprint density at radius 3 is 2.82 bits per heavy atom. The van der Waals surface area contributed by atoms with Crippen molar-refractivity contribution >= 4 is 5.91 Å². The fourth-order valence-corrected chi connectivity index (χ4v) is 4.09. The minimum atomic E-state index is -0.00957. The topological polar surface area (TPSA) is 84.0 Å². The molecule has 28 heavy (non-hydrogen) atoms. The number of ether oxygens (including phenoxy) is 1. The first kappa shape index (κ1) is 18.5. The monoisotopic (exact) mass is 379 g/mol. The van der Waals surface area contributed by atoms with E-state index >= 15 is 0 Å². The molecule has 2 aromatic rings. The van der Waals surface area contributed by atoms with Gasteiger partial charge in [-0.3, -0.25) is 4.79 Å². The summed E-state index contributed by atoms with van der Waals surface area (Å²) in [6.07, 6.45) is 6.60. The maximum Gasteiger partial charge on any atom is 0.260 e. The predicted molar refractivity (Wildman–Crippen MR) is 103 cm³/mol. The molecule has 7 heteroatoms. The molecule has 7 nitrogen and oxygen atoms in total. The van der Waals surface area contributed by atoms with Crippen molar-refractivity contribution in [2.75, 3.05) is 19.7 Å². The standard InChI is InChI=1S/C21H25N5O2/c22-13-16-7-9-18(10-8-16)28-15-20(27)25-11-4-5-17(14-25)21-24-23-19-6-2-1-3-12-26(19)21/h7-10,17H,1-6,11-12,14-15H2/t17-/m1/s1. The number of carbonyl (C=O) groups is 1. The van der Waals surface area contributed by atoms with Crippen molar-refractivity contribution in [2.24, 2.45) is 0 Å². The van der Waals surface area contributed by atoms with E-state index in [2.05, 4.69) is 20.8 Å². The van der Waals surface area contributed by atoms with E-state index in [1.807, 2.05) is 4.90 Å². The zero-order chi connectivity index (χ0) is 19.3. The van der Waals surface area contributed by atoms with Gasteiger partial charge in [-0.05, 0) is 49.9 Å². The molecule has 1 saturated heterocycles. The number of benzene rings is 1. The highest BCUT2D eigenvalue weighted by Crippen LogP contribution is 2.28. The molecule has 2 aliphatic rings. The lowest BCUT2D eigenvalue weighted by Gasteiger charge is -2.32. The van der Waals surface area contributed by atoms with E-state index in [1.165, 1.54) is 19.3 Å². The summed E-state index contributed by atoms with van der Waals surface area (Å²) < 4.78 is 7.91. The normalized spacial score (nSPS) is 19.4. The van der Waals surface area contributed by atoms with E-state index in [9.17, 15) is 4.79 Å². The smallest absolute Gasteiger partial charge is 0.260 e. The van der Waals surface area contributed by atoms with Gasteiger partial charge in [-0.25, -0.2) is 0 Å². The average molecular weight is 379 g/mol. The number of amides is 1. The molecule has 1 aromatic heterocycles. The zero-order valence-corrected chi connectivity index (χ0v) is 16.0. The Morgan fingerprint density at radius 2 is 2.00 bits per heavy atom. The van der Waals surface area contributed by atoms with Crippen LogP contribution in [0.5, 0.6) is 5.75 Å². The first-order valence-electron chi connectivity index (χ1n) is 10.1. The zero-order valence-electron chi connectivity index (χ0n) is 16.0. The molecule has 1 amide bonds. The number of nitriles is 1. The van der Waals surface area contributed by atoms with Gasteiger partial charge in [0.1, 0.15) is 17.4 Å². The first-order valence-corrected chi connectivity index (χ1v) is 10.1. The maximum absolute atomic E-state index is 12.7. The van der Waals surface area contributed by atoms with Crippen LogP contribution in [0.1, 0.15) is 55.2 Å². The molecule has 0 aliphatic carbocycles. The number of aromatic nitrogens is 3. The summed E-state index contributed by atoms with van der Waals surface area (Å²) in [5.41, 5.74) is 0.574. The molecule has 146 valence electrons. The molecule has 0 bridgehead atoms. The molecule has 0 unspecified atom stereocenters. The minimum Gasteiger partial charge on any atom is -0.484 e. The molecular weight excluding hydrogens is 354 g/mol. The van der Waals surface area contributed by atoms with Crippen molar-refractivity contribution in [3.8, 4) is 11.8 Å². The van der Waals surface area contributed by atoms with E-state index in [4.69, 9.17) is 10.00 Å². The summed E-state index contributed by atoms with van der Waals surface area (Å²) >= 11 is 0. The van der Waals surface area contributed by atoms with E-state index in [-0.39, 0.29) is 18.4 Å². The number of fused-ring (bicyclic) bond motifs is 1. The van der Waals surface area contributed by atoms with E-state index in [0.29, 0.717) is 17.9 Å². The lowest BCUT2D eigenvalue weighted by molar-refractivity contribution is -0.134. The van der Waals surface area contributed by atoms with Crippen LogP contribution >= 0.6 is 0 Å². The molecule has 2 aliphatic heterocycles. The molecule has 0 spiro atoms. The highest BCUT2D eigenvalue weighted by molar-refractivity contribution is 5.78. The number of hydrogen-bond donors (Lipinski definition) is 0. The van der Waals surface area contributed by atoms with Gasteiger partial charge in [0.2, 0.25) is 0 Å². The number of aryl methyl sites for hydroxylation is 1. The van der Waals surface area contributed by atoms with Crippen molar-refractivity contribution in [3.63, 3.8) is 0 Å². The van der Waals surface area contributed by atoms with Gasteiger partial charge in [0.05, 0.1) is 11.6 Å². The van der Waals surface area contributed by atoms with Gasteiger partial charge in [0, 0.05) is 32.0 Å². The third kappa shape index (κ3) is 4.01. The van der Waals surface area contributed by atoms with Crippen LogP contribution in [0.2, 0.25) is 0 Å². The quantitative estimate of drug-likeness (QED) is 0.815. The molecule has 0 saturated carbocycles. The van der Waals surface area contributed by atoms with Gasteiger partial charge in [0.25, 0.3) is 5.91 Å². The van der Waals surface area contributed by atoms with Crippen molar-refractivity contribution in [2.45, 2.75) is 51.0 Å². The van der Waals surface area contributed by atoms with Gasteiger partial charge in [-0.2, -0.15) is 5.26 Å². The van der Waals surface area contributed by atoms with E-state index < -0.39 is 0 Å². The summed E-state index contributed by atoms with van der Waals surface area (Å²) in [4.78, 5) is 14.5. The van der Waals surface area contributed by atoms with Crippen molar-refractivity contribution in [3.05, 3.63) is 41.5 Å². The van der Waals surface area contributed by atoms with E-state index in [0.717, 1.165) is 44.0 Å². The largest absolute Gasteiger partial charge is 0.484 e. The number of rotatable bonds is 4. The molecule has 1 aromatic carbocycles. The fraction of sp³-hybridized carbons (Fsp3) is 0.524. The Bertz CT molecular complexity index is 868. The summed E-state index contributed by atoms with van der Waals surface area (Å²) in [6.45, 7) is 2.43. The Labute approximate surface area is 164 Å². The summed E-state index contributed by atoms with van der Waals surface area (Å²) in [5.74, 6) is 2.97. The first-order chi connectivity index (χ1) is 13.7.